The number of aromatic nitrogens is 2. The van der Waals surface area contributed by atoms with E-state index in [-0.39, 0.29) is 11.5 Å². The number of hydrogen-bond acceptors (Lipinski definition) is 6. The van der Waals surface area contributed by atoms with Gasteiger partial charge in [0.25, 0.3) is 5.91 Å². The van der Waals surface area contributed by atoms with Crippen molar-refractivity contribution in [2.24, 2.45) is 0 Å². The maximum atomic E-state index is 12.2. The zero-order chi connectivity index (χ0) is 14.7. The van der Waals surface area contributed by atoms with Crippen LogP contribution < -0.4 is 16.0 Å². The van der Waals surface area contributed by atoms with Crippen molar-refractivity contribution in [1.82, 2.24) is 10.3 Å². The van der Waals surface area contributed by atoms with E-state index >= 15 is 0 Å². The number of nitrogen functional groups attached to an aromatic ring is 1. The molecular weight excluding hydrogens is 270 g/mol. The van der Waals surface area contributed by atoms with Crippen molar-refractivity contribution in [3.8, 4) is 0 Å². The lowest BCUT2D eigenvalue weighted by Gasteiger charge is -2.30. The third-order valence-corrected chi connectivity index (χ3v) is 3.58. The first-order valence-corrected chi connectivity index (χ1v) is 6.99. The molecular formula is C14H17N5O2. The normalized spacial score (nSPS) is 15.0. The summed E-state index contributed by atoms with van der Waals surface area (Å²) in [7, 11) is 0. The van der Waals surface area contributed by atoms with Gasteiger partial charge in [0, 0.05) is 13.1 Å². The van der Waals surface area contributed by atoms with Crippen LogP contribution >= 0.6 is 0 Å². The number of para-hydroxylation sites is 2. The summed E-state index contributed by atoms with van der Waals surface area (Å²) in [5.41, 5.74) is 7.30. The maximum Gasteiger partial charge on any atom is 0.281 e. The molecule has 2 aromatic rings. The van der Waals surface area contributed by atoms with E-state index in [1.165, 1.54) is 19.3 Å². The summed E-state index contributed by atoms with van der Waals surface area (Å²) in [6.07, 6.45) is 3.59. The molecule has 1 amide bonds. The second-order valence-electron chi connectivity index (χ2n) is 5.02. The summed E-state index contributed by atoms with van der Waals surface area (Å²) >= 11 is 0. The topological polar surface area (TPSA) is 97.3 Å². The molecule has 0 unspecified atom stereocenters. The summed E-state index contributed by atoms with van der Waals surface area (Å²) in [6.45, 7) is 2.00. The Kier molecular flexibility index (Phi) is 3.72. The Morgan fingerprint density at radius 2 is 1.95 bits per heavy atom. The van der Waals surface area contributed by atoms with E-state index in [4.69, 9.17) is 5.73 Å². The highest BCUT2D eigenvalue weighted by molar-refractivity contribution is 6.07. The van der Waals surface area contributed by atoms with Gasteiger partial charge in [-0.1, -0.05) is 12.1 Å². The van der Waals surface area contributed by atoms with Gasteiger partial charge in [-0.25, -0.2) is 4.63 Å². The Labute approximate surface area is 122 Å². The quantitative estimate of drug-likeness (QED) is 0.894. The number of nitrogens with one attached hydrogen (secondary N) is 1. The highest BCUT2D eigenvalue weighted by Gasteiger charge is 2.19. The number of amides is 1. The Balaban J connectivity index is 1.82. The average molecular weight is 287 g/mol. The molecule has 0 radical (unpaired) electrons. The van der Waals surface area contributed by atoms with E-state index < -0.39 is 5.91 Å². The smallest absolute Gasteiger partial charge is 0.281 e. The minimum Gasteiger partial charge on any atom is -0.379 e. The van der Waals surface area contributed by atoms with E-state index in [9.17, 15) is 4.79 Å². The van der Waals surface area contributed by atoms with E-state index in [1.54, 1.807) is 0 Å². The van der Waals surface area contributed by atoms with Gasteiger partial charge >= 0.3 is 0 Å². The number of benzene rings is 1. The second kappa shape index (κ2) is 5.82. The molecule has 0 bridgehead atoms. The fraction of sp³-hybridized carbons (Fsp3) is 0.357. The molecule has 0 spiro atoms. The van der Waals surface area contributed by atoms with Gasteiger partial charge in [-0.15, -0.1) is 0 Å². The molecule has 0 aliphatic carbocycles. The van der Waals surface area contributed by atoms with Gasteiger partial charge in [-0.2, -0.15) is 0 Å². The highest BCUT2D eigenvalue weighted by atomic mass is 16.6. The number of anilines is 3. The molecule has 7 heteroatoms. The van der Waals surface area contributed by atoms with Crippen LogP contribution in [-0.2, 0) is 0 Å². The van der Waals surface area contributed by atoms with Crippen molar-refractivity contribution in [3.63, 3.8) is 0 Å². The first-order valence-electron chi connectivity index (χ1n) is 6.99. The number of nitrogens with zero attached hydrogens (tertiary/aromatic N) is 3. The number of hydrogen-bond donors (Lipinski definition) is 2. The SMILES string of the molecule is Nc1nonc1C(=O)Nc1ccccc1N1CCCCC1. The highest BCUT2D eigenvalue weighted by Crippen LogP contribution is 2.28. The molecule has 1 aromatic heterocycles. The van der Waals surface area contributed by atoms with Gasteiger partial charge in [0.1, 0.15) is 0 Å². The molecule has 1 aliphatic rings. The minimum absolute atomic E-state index is 0.00319. The predicted octanol–water partition coefficient (Wildman–Crippen LogP) is 1.89. The summed E-state index contributed by atoms with van der Waals surface area (Å²) in [5.74, 6) is -0.429. The third kappa shape index (κ3) is 2.81. The minimum atomic E-state index is -0.418. The van der Waals surface area contributed by atoms with Crippen LogP contribution in [0.3, 0.4) is 0 Å². The van der Waals surface area contributed by atoms with E-state index in [0.29, 0.717) is 0 Å². The summed E-state index contributed by atoms with van der Waals surface area (Å²) in [6, 6.07) is 7.72. The van der Waals surface area contributed by atoms with Crippen LogP contribution in [0.1, 0.15) is 29.8 Å². The molecule has 3 N–H and O–H groups in total. The van der Waals surface area contributed by atoms with E-state index in [1.807, 2.05) is 24.3 Å². The summed E-state index contributed by atoms with van der Waals surface area (Å²) < 4.78 is 4.45. The fourth-order valence-electron chi connectivity index (χ4n) is 2.52. The van der Waals surface area contributed by atoms with Gasteiger partial charge in [0.2, 0.25) is 11.5 Å². The predicted molar refractivity (Wildman–Crippen MR) is 79.2 cm³/mol. The average Bonchev–Trinajstić information content (AvgIpc) is 2.95. The molecule has 1 aliphatic heterocycles. The largest absolute Gasteiger partial charge is 0.379 e. The zero-order valence-electron chi connectivity index (χ0n) is 11.6. The zero-order valence-corrected chi connectivity index (χ0v) is 11.6. The monoisotopic (exact) mass is 287 g/mol. The van der Waals surface area contributed by atoms with Gasteiger partial charge in [0.15, 0.2) is 0 Å². The first kappa shape index (κ1) is 13.4. The molecule has 2 heterocycles. The number of carbonyl (C=O) groups is 1. The molecule has 110 valence electrons. The van der Waals surface area contributed by atoms with Crippen LogP contribution in [0.15, 0.2) is 28.9 Å². The van der Waals surface area contributed by atoms with Crippen molar-refractivity contribution in [2.75, 3.05) is 29.0 Å². The van der Waals surface area contributed by atoms with Crippen LogP contribution in [0.25, 0.3) is 0 Å². The molecule has 0 atom stereocenters. The van der Waals surface area contributed by atoms with Gasteiger partial charge in [-0.3, -0.25) is 4.79 Å². The van der Waals surface area contributed by atoms with Crippen LogP contribution in [-0.4, -0.2) is 29.3 Å². The molecule has 21 heavy (non-hydrogen) atoms. The molecule has 3 rings (SSSR count). The lowest BCUT2D eigenvalue weighted by molar-refractivity contribution is 0.101. The van der Waals surface area contributed by atoms with Gasteiger partial charge in [0.05, 0.1) is 11.4 Å². The summed E-state index contributed by atoms with van der Waals surface area (Å²) in [4.78, 5) is 14.4. The molecule has 7 nitrogen and oxygen atoms in total. The van der Waals surface area contributed by atoms with E-state index in [2.05, 4.69) is 25.2 Å². The van der Waals surface area contributed by atoms with Crippen molar-refractivity contribution in [2.45, 2.75) is 19.3 Å². The molecule has 0 saturated carbocycles. The van der Waals surface area contributed by atoms with Crippen molar-refractivity contribution in [3.05, 3.63) is 30.0 Å². The van der Waals surface area contributed by atoms with E-state index in [0.717, 1.165) is 24.5 Å². The second-order valence-corrected chi connectivity index (χ2v) is 5.02. The number of piperidine rings is 1. The number of nitrogens with two attached hydrogens (primary N) is 1. The van der Waals surface area contributed by atoms with Gasteiger partial charge in [-0.05, 0) is 41.7 Å². The van der Waals surface area contributed by atoms with Crippen molar-refractivity contribution < 1.29 is 9.42 Å². The molecule has 1 fully saturated rings. The Morgan fingerprint density at radius 1 is 1.19 bits per heavy atom. The van der Waals surface area contributed by atoms with Crippen LogP contribution in [0.4, 0.5) is 17.2 Å². The fourth-order valence-corrected chi connectivity index (χ4v) is 2.52. The lowest BCUT2D eigenvalue weighted by Crippen LogP contribution is -2.30. The van der Waals surface area contributed by atoms with Crippen molar-refractivity contribution in [1.29, 1.82) is 0 Å². The van der Waals surface area contributed by atoms with Crippen LogP contribution in [0.2, 0.25) is 0 Å². The number of rotatable bonds is 3. The maximum absolute atomic E-state index is 12.2. The first-order chi connectivity index (χ1) is 10.3. The Hall–Kier alpha value is -2.57. The lowest BCUT2D eigenvalue weighted by atomic mass is 10.1. The molecule has 1 aromatic carbocycles. The molecule has 1 saturated heterocycles. The van der Waals surface area contributed by atoms with Gasteiger partial charge < -0.3 is 16.0 Å². The Morgan fingerprint density at radius 3 is 2.67 bits per heavy atom. The van der Waals surface area contributed by atoms with Crippen LogP contribution in [0, 0.1) is 0 Å². The standard InChI is InChI=1S/C14H17N5O2/c15-13-12(17-21-18-13)14(20)16-10-6-2-3-7-11(10)19-8-4-1-5-9-19/h2-3,6-7H,1,4-5,8-9H2,(H2,15,18)(H,16,20). The third-order valence-electron chi connectivity index (χ3n) is 3.58. The Bertz CT molecular complexity index is 634. The van der Waals surface area contributed by atoms with Crippen molar-refractivity contribution >= 4 is 23.1 Å². The number of carbonyl (C=O) groups excluding carboxylic acids is 1. The summed E-state index contributed by atoms with van der Waals surface area (Å²) in [5, 5.41) is 9.76. The van der Waals surface area contributed by atoms with Crippen LogP contribution in [0.5, 0.6) is 0 Å².